The van der Waals surface area contributed by atoms with Gasteiger partial charge in [0.25, 0.3) is 0 Å². The van der Waals surface area contributed by atoms with Crippen molar-refractivity contribution < 1.29 is 13.6 Å². The van der Waals surface area contributed by atoms with E-state index in [0.717, 1.165) is 24.1 Å². The zero-order chi connectivity index (χ0) is 14.4. The average molecular weight is 337 g/mol. The minimum absolute atomic E-state index is 0. The molecule has 21 heavy (non-hydrogen) atoms. The molecule has 0 aromatic heterocycles. The van der Waals surface area contributed by atoms with Crippen LogP contribution >= 0.6 is 24.2 Å². The molecule has 1 heterocycles. The molecule has 2 rings (SSSR count). The first-order valence-electron chi connectivity index (χ1n) is 6.67. The summed E-state index contributed by atoms with van der Waals surface area (Å²) in [6.07, 6.45) is 0.809. The summed E-state index contributed by atoms with van der Waals surface area (Å²) < 4.78 is 26.1. The number of carbonyl (C=O) groups excluding carboxylic acids is 1. The number of halogens is 3. The second-order valence-electron chi connectivity index (χ2n) is 4.77. The Morgan fingerprint density at radius 2 is 2.24 bits per heavy atom. The Balaban J connectivity index is 0.00000220. The van der Waals surface area contributed by atoms with Crippen molar-refractivity contribution in [2.24, 2.45) is 0 Å². The van der Waals surface area contributed by atoms with E-state index in [0.29, 0.717) is 24.9 Å². The third-order valence-corrected chi connectivity index (χ3v) is 4.29. The monoisotopic (exact) mass is 336 g/mol. The van der Waals surface area contributed by atoms with Crippen molar-refractivity contribution in [3.63, 3.8) is 0 Å². The van der Waals surface area contributed by atoms with Gasteiger partial charge in [-0.1, -0.05) is 6.07 Å². The maximum Gasteiger partial charge on any atom is 0.221 e. The van der Waals surface area contributed by atoms with Gasteiger partial charge in [0, 0.05) is 43.1 Å². The molecule has 2 N–H and O–H groups in total. The van der Waals surface area contributed by atoms with E-state index in [1.54, 1.807) is 0 Å². The first-order chi connectivity index (χ1) is 9.65. The fourth-order valence-corrected chi connectivity index (χ4v) is 3.06. The van der Waals surface area contributed by atoms with Gasteiger partial charge in [-0.3, -0.25) is 4.79 Å². The third-order valence-electron chi connectivity index (χ3n) is 3.16. The molecule has 1 aromatic carbocycles. The molecule has 1 atom stereocenters. The van der Waals surface area contributed by atoms with Crippen molar-refractivity contribution in [3.8, 4) is 0 Å². The molecule has 1 fully saturated rings. The molecule has 0 radical (unpaired) electrons. The third kappa shape index (κ3) is 6.20. The molecule has 3 nitrogen and oxygen atoms in total. The van der Waals surface area contributed by atoms with Gasteiger partial charge in [0.15, 0.2) is 0 Å². The number of hydrogen-bond acceptors (Lipinski definition) is 3. The minimum Gasteiger partial charge on any atom is -0.356 e. The van der Waals surface area contributed by atoms with Crippen LogP contribution in [0.1, 0.15) is 12.0 Å². The van der Waals surface area contributed by atoms with E-state index >= 15 is 0 Å². The van der Waals surface area contributed by atoms with Crippen LogP contribution in [-0.4, -0.2) is 36.5 Å². The average Bonchev–Trinajstić information content (AvgIpc) is 2.42. The maximum absolute atomic E-state index is 13.4. The van der Waals surface area contributed by atoms with Gasteiger partial charge in [-0.25, -0.2) is 8.78 Å². The molecular formula is C14H19ClF2N2OS. The Labute approximate surface area is 133 Å². The van der Waals surface area contributed by atoms with Gasteiger partial charge in [0.2, 0.25) is 5.91 Å². The number of amides is 1. The lowest BCUT2D eigenvalue weighted by Gasteiger charge is -2.22. The van der Waals surface area contributed by atoms with Crippen molar-refractivity contribution in [1.29, 1.82) is 0 Å². The van der Waals surface area contributed by atoms with Gasteiger partial charge in [-0.2, -0.15) is 11.8 Å². The van der Waals surface area contributed by atoms with Gasteiger partial charge in [0.05, 0.1) is 0 Å². The molecule has 0 bridgehead atoms. The van der Waals surface area contributed by atoms with Crippen LogP contribution in [0.4, 0.5) is 8.78 Å². The van der Waals surface area contributed by atoms with E-state index in [4.69, 9.17) is 0 Å². The molecule has 1 aliphatic heterocycles. The highest BCUT2D eigenvalue weighted by Gasteiger charge is 2.16. The summed E-state index contributed by atoms with van der Waals surface area (Å²) in [4.78, 5) is 11.7. The summed E-state index contributed by atoms with van der Waals surface area (Å²) in [7, 11) is 0. The zero-order valence-corrected chi connectivity index (χ0v) is 13.2. The van der Waals surface area contributed by atoms with Gasteiger partial charge < -0.3 is 10.6 Å². The molecule has 1 aromatic rings. The molecule has 0 aliphatic carbocycles. The van der Waals surface area contributed by atoms with Crippen molar-refractivity contribution in [1.82, 2.24) is 10.6 Å². The first kappa shape index (κ1) is 18.2. The summed E-state index contributed by atoms with van der Waals surface area (Å²) in [5, 5.41) is 6.06. The second-order valence-corrected chi connectivity index (χ2v) is 5.92. The Bertz CT molecular complexity index is 470. The largest absolute Gasteiger partial charge is 0.356 e. The van der Waals surface area contributed by atoms with Crippen LogP contribution in [0.15, 0.2) is 18.2 Å². The molecule has 1 amide bonds. The standard InChI is InChI=1S/C14H18F2N2OS.ClH/c15-11-2-1-10(13(16)7-11)3-4-18-14(19)8-12-9-20-6-5-17-12;/h1-2,7,12,17H,3-6,8-9H2,(H,18,19);1H. The van der Waals surface area contributed by atoms with Crippen molar-refractivity contribution in [2.75, 3.05) is 24.6 Å². The van der Waals surface area contributed by atoms with E-state index in [2.05, 4.69) is 10.6 Å². The van der Waals surface area contributed by atoms with Crippen LogP contribution in [0.5, 0.6) is 0 Å². The Hall–Kier alpha value is -0.850. The molecule has 1 unspecified atom stereocenters. The highest BCUT2D eigenvalue weighted by molar-refractivity contribution is 7.99. The second kappa shape index (κ2) is 9.23. The van der Waals surface area contributed by atoms with Crippen molar-refractivity contribution in [3.05, 3.63) is 35.4 Å². The zero-order valence-electron chi connectivity index (χ0n) is 11.5. The highest BCUT2D eigenvalue weighted by Crippen LogP contribution is 2.11. The number of nitrogens with one attached hydrogen (secondary N) is 2. The molecule has 0 spiro atoms. The highest BCUT2D eigenvalue weighted by atomic mass is 35.5. The fourth-order valence-electron chi connectivity index (χ4n) is 2.11. The van der Waals surface area contributed by atoms with E-state index < -0.39 is 11.6 Å². The Kier molecular flexibility index (Phi) is 8.00. The molecular weight excluding hydrogens is 318 g/mol. The summed E-state index contributed by atoms with van der Waals surface area (Å²) in [6.45, 7) is 1.30. The lowest BCUT2D eigenvalue weighted by molar-refractivity contribution is -0.121. The normalized spacial score (nSPS) is 17.9. The van der Waals surface area contributed by atoms with Crippen LogP contribution in [0.3, 0.4) is 0 Å². The van der Waals surface area contributed by atoms with E-state index in [1.165, 1.54) is 12.1 Å². The molecule has 7 heteroatoms. The van der Waals surface area contributed by atoms with Gasteiger partial charge in [-0.05, 0) is 18.1 Å². The fraction of sp³-hybridized carbons (Fsp3) is 0.500. The maximum atomic E-state index is 13.4. The Morgan fingerprint density at radius 1 is 1.43 bits per heavy atom. The SMILES string of the molecule is Cl.O=C(CC1CSCCN1)NCCc1ccc(F)cc1F. The van der Waals surface area contributed by atoms with Gasteiger partial charge >= 0.3 is 0 Å². The number of rotatable bonds is 5. The minimum atomic E-state index is -0.587. The lowest BCUT2D eigenvalue weighted by Crippen LogP contribution is -2.41. The number of benzene rings is 1. The summed E-state index contributed by atoms with van der Waals surface area (Å²) in [5.41, 5.74) is 0.415. The Morgan fingerprint density at radius 3 is 2.90 bits per heavy atom. The van der Waals surface area contributed by atoms with Crippen LogP contribution in [0.25, 0.3) is 0 Å². The number of hydrogen-bond donors (Lipinski definition) is 2. The van der Waals surface area contributed by atoms with Crippen LogP contribution in [-0.2, 0) is 11.2 Å². The van der Waals surface area contributed by atoms with Crippen molar-refractivity contribution >= 4 is 30.1 Å². The lowest BCUT2D eigenvalue weighted by atomic mass is 10.1. The predicted molar refractivity (Wildman–Crippen MR) is 84.1 cm³/mol. The topological polar surface area (TPSA) is 41.1 Å². The number of thioether (sulfide) groups is 1. The summed E-state index contributed by atoms with van der Waals surface area (Å²) >= 11 is 1.84. The summed E-state index contributed by atoms with van der Waals surface area (Å²) in [5.74, 6) is 0.843. The quantitative estimate of drug-likeness (QED) is 0.865. The van der Waals surface area contributed by atoms with E-state index in [-0.39, 0.29) is 24.4 Å². The van der Waals surface area contributed by atoms with Gasteiger partial charge in [-0.15, -0.1) is 12.4 Å². The summed E-state index contributed by atoms with van der Waals surface area (Å²) in [6, 6.07) is 3.72. The van der Waals surface area contributed by atoms with E-state index in [1.807, 2.05) is 11.8 Å². The first-order valence-corrected chi connectivity index (χ1v) is 7.82. The number of carbonyl (C=O) groups is 1. The predicted octanol–water partition coefficient (Wildman–Crippen LogP) is 2.14. The van der Waals surface area contributed by atoms with Crippen LogP contribution in [0.2, 0.25) is 0 Å². The van der Waals surface area contributed by atoms with Gasteiger partial charge in [0.1, 0.15) is 11.6 Å². The molecule has 0 saturated carbocycles. The van der Waals surface area contributed by atoms with Crippen LogP contribution in [0, 0.1) is 11.6 Å². The van der Waals surface area contributed by atoms with Crippen LogP contribution < -0.4 is 10.6 Å². The smallest absolute Gasteiger partial charge is 0.221 e. The molecule has 118 valence electrons. The van der Waals surface area contributed by atoms with E-state index in [9.17, 15) is 13.6 Å². The molecule has 1 saturated heterocycles. The molecule has 1 aliphatic rings. The van der Waals surface area contributed by atoms with Crippen molar-refractivity contribution in [2.45, 2.75) is 18.9 Å².